The van der Waals surface area contributed by atoms with Gasteiger partial charge in [-0.05, 0) is 18.1 Å². The van der Waals surface area contributed by atoms with Crippen LogP contribution in [0.5, 0.6) is 0 Å². The molecular weight excluding hydrogens is 184 g/mol. The monoisotopic (exact) mass is 194 g/mol. The highest BCUT2D eigenvalue weighted by atomic mass is 35.5. The van der Waals surface area contributed by atoms with Crippen molar-refractivity contribution in [1.82, 2.24) is 9.38 Å². The molecule has 0 fully saturated rings. The van der Waals surface area contributed by atoms with E-state index < -0.39 is 0 Å². The van der Waals surface area contributed by atoms with Crippen molar-refractivity contribution in [3.05, 3.63) is 35.2 Å². The zero-order valence-electron chi connectivity index (χ0n) is 7.66. The highest BCUT2D eigenvalue weighted by molar-refractivity contribution is 6.29. The summed E-state index contributed by atoms with van der Waals surface area (Å²) < 4.78 is 1.90. The molecule has 2 aromatic heterocycles. The fourth-order valence-corrected chi connectivity index (χ4v) is 1.48. The van der Waals surface area contributed by atoms with Gasteiger partial charge < -0.3 is 0 Å². The van der Waals surface area contributed by atoms with Gasteiger partial charge in [0.25, 0.3) is 0 Å². The lowest BCUT2D eigenvalue weighted by molar-refractivity contribution is 0.834. The standard InChI is InChI=1S/C10H11ClN2/c1-7(2)8-6-13-9(11)4-3-5-10(13)12-8/h3-7H,1-2H3. The number of pyridine rings is 1. The van der Waals surface area contributed by atoms with E-state index in [0.717, 1.165) is 11.3 Å². The van der Waals surface area contributed by atoms with E-state index in [9.17, 15) is 0 Å². The van der Waals surface area contributed by atoms with Crippen molar-refractivity contribution in [2.24, 2.45) is 0 Å². The van der Waals surface area contributed by atoms with Crippen molar-refractivity contribution >= 4 is 17.2 Å². The maximum absolute atomic E-state index is 6.00. The summed E-state index contributed by atoms with van der Waals surface area (Å²) in [6, 6.07) is 5.73. The third kappa shape index (κ3) is 1.42. The van der Waals surface area contributed by atoms with Gasteiger partial charge in [0.15, 0.2) is 0 Å². The third-order valence-corrected chi connectivity index (χ3v) is 2.36. The van der Waals surface area contributed by atoms with E-state index in [4.69, 9.17) is 11.6 Å². The zero-order chi connectivity index (χ0) is 9.42. The van der Waals surface area contributed by atoms with E-state index >= 15 is 0 Å². The lowest BCUT2D eigenvalue weighted by Crippen LogP contribution is -1.84. The predicted octanol–water partition coefficient (Wildman–Crippen LogP) is 3.11. The molecule has 0 radical (unpaired) electrons. The number of hydrogen-bond donors (Lipinski definition) is 0. The fraction of sp³-hybridized carbons (Fsp3) is 0.300. The molecule has 2 aromatic rings. The second-order valence-electron chi connectivity index (χ2n) is 3.40. The molecule has 2 nitrogen and oxygen atoms in total. The molecule has 0 aromatic carbocycles. The molecule has 2 rings (SSSR count). The van der Waals surface area contributed by atoms with Crippen LogP contribution in [-0.4, -0.2) is 9.38 Å². The second kappa shape index (κ2) is 3.04. The van der Waals surface area contributed by atoms with Crippen LogP contribution in [0.4, 0.5) is 0 Å². The summed E-state index contributed by atoms with van der Waals surface area (Å²) in [4.78, 5) is 4.45. The van der Waals surface area contributed by atoms with Crippen LogP contribution in [0.1, 0.15) is 25.5 Å². The normalized spacial score (nSPS) is 11.4. The van der Waals surface area contributed by atoms with Gasteiger partial charge in [0.1, 0.15) is 10.8 Å². The van der Waals surface area contributed by atoms with Crippen molar-refractivity contribution in [2.75, 3.05) is 0 Å². The lowest BCUT2D eigenvalue weighted by Gasteiger charge is -1.95. The van der Waals surface area contributed by atoms with Crippen LogP contribution >= 0.6 is 11.6 Å². The fourth-order valence-electron chi connectivity index (χ4n) is 1.27. The largest absolute Gasteiger partial charge is 0.290 e. The molecule has 0 amide bonds. The van der Waals surface area contributed by atoms with E-state index in [2.05, 4.69) is 18.8 Å². The number of imidazole rings is 1. The molecule has 0 spiro atoms. The Kier molecular flexibility index (Phi) is 2.00. The van der Waals surface area contributed by atoms with Gasteiger partial charge in [-0.25, -0.2) is 4.98 Å². The first-order valence-electron chi connectivity index (χ1n) is 4.32. The maximum atomic E-state index is 6.00. The molecular formula is C10H11ClN2. The minimum atomic E-state index is 0.441. The molecule has 13 heavy (non-hydrogen) atoms. The van der Waals surface area contributed by atoms with Gasteiger partial charge in [-0.1, -0.05) is 31.5 Å². The number of nitrogens with zero attached hydrogens (tertiary/aromatic N) is 2. The van der Waals surface area contributed by atoms with Crippen LogP contribution in [0.2, 0.25) is 5.15 Å². The molecule has 2 heterocycles. The number of fused-ring (bicyclic) bond motifs is 1. The summed E-state index contributed by atoms with van der Waals surface area (Å²) in [5.41, 5.74) is 1.99. The molecule has 0 aliphatic heterocycles. The quantitative estimate of drug-likeness (QED) is 0.638. The maximum Gasteiger partial charge on any atom is 0.138 e. The minimum absolute atomic E-state index is 0.441. The summed E-state index contributed by atoms with van der Waals surface area (Å²) in [6.45, 7) is 4.24. The average molecular weight is 195 g/mol. The summed E-state index contributed by atoms with van der Waals surface area (Å²) in [7, 11) is 0. The van der Waals surface area contributed by atoms with Gasteiger partial charge in [-0.2, -0.15) is 0 Å². The topological polar surface area (TPSA) is 17.3 Å². The molecule has 3 heteroatoms. The van der Waals surface area contributed by atoms with Gasteiger partial charge in [0.05, 0.1) is 5.69 Å². The predicted molar refractivity (Wildman–Crippen MR) is 54.3 cm³/mol. The van der Waals surface area contributed by atoms with E-state index in [0.29, 0.717) is 11.1 Å². The number of aromatic nitrogens is 2. The van der Waals surface area contributed by atoms with Crippen LogP contribution in [-0.2, 0) is 0 Å². The Labute approximate surface area is 82.2 Å². The van der Waals surface area contributed by atoms with Gasteiger partial charge in [0, 0.05) is 6.20 Å². The SMILES string of the molecule is CC(C)c1cn2c(Cl)cccc2n1. The Morgan fingerprint density at radius 2 is 2.15 bits per heavy atom. The van der Waals surface area contributed by atoms with E-state index in [-0.39, 0.29) is 0 Å². The summed E-state index contributed by atoms with van der Waals surface area (Å²) in [5, 5.41) is 0.705. The first kappa shape index (κ1) is 8.57. The number of halogens is 1. The van der Waals surface area contributed by atoms with Crippen molar-refractivity contribution in [3.8, 4) is 0 Å². The van der Waals surface area contributed by atoms with Crippen LogP contribution in [0, 0.1) is 0 Å². The van der Waals surface area contributed by atoms with Gasteiger partial charge >= 0.3 is 0 Å². The summed E-state index contributed by atoms with van der Waals surface area (Å²) >= 11 is 6.00. The Balaban J connectivity index is 2.68. The smallest absolute Gasteiger partial charge is 0.138 e. The highest BCUT2D eigenvalue weighted by Gasteiger charge is 2.06. The van der Waals surface area contributed by atoms with Gasteiger partial charge in [-0.3, -0.25) is 4.40 Å². The Bertz CT molecular complexity index is 431. The molecule has 0 bridgehead atoms. The minimum Gasteiger partial charge on any atom is -0.290 e. The zero-order valence-corrected chi connectivity index (χ0v) is 8.42. The van der Waals surface area contributed by atoms with Crippen molar-refractivity contribution in [3.63, 3.8) is 0 Å². The Morgan fingerprint density at radius 1 is 1.38 bits per heavy atom. The summed E-state index contributed by atoms with van der Waals surface area (Å²) in [6.07, 6.45) is 1.99. The Hall–Kier alpha value is -1.02. The van der Waals surface area contributed by atoms with Crippen molar-refractivity contribution in [1.29, 1.82) is 0 Å². The van der Waals surface area contributed by atoms with Crippen molar-refractivity contribution < 1.29 is 0 Å². The van der Waals surface area contributed by atoms with Crippen LogP contribution < -0.4 is 0 Å². The van der Waals surface area contributed by atoms with E-state index in [1.807, 2.05) is 28.8 Å². The number of rotatable bonds is 1. The molecule has 0 aliphatic carbocycles. The molecule has 0 N–H and O–H groups in total. The van der Waals surface area contributed by atoms with Crippen molar-refractivity contribution in [2.45, 2.75) is 19.8 Å². The molecule has 0 atom stereocenters. The average Bonchev–Trinajstić information content (AvgIpc) is 2.49. The molecule has 0 aliphatic rings. The van der Waals surface area contributed by atoms with Crippen LogP contribution in [0.25, 0.3) is 5.65 Å². The first-order chi connectivity index (χ1) is 6.18. The second-order valence-corrected chi connectivity index (χ2v) is 3.78. The van der Waals surface area contributed by atoms with Crippen LogP contribution in [0.15, 0.2) is 24.4 Å². The van der Waals surface area contributed by atoms with Gasteiger partial charge in [0.2, 0.25) is 0 Å². The molecule has 0 saturated carbocycles. The highest BCUT2D eigenvalue weighted by Crippen LogP contribution is 2.18. The van der Waals surface area contributed by atoms with E-state index in [1.165, 1.54) is 0 Å². The first-order valence-corrected chi connectivity index (χ1v) is 4.70. The lowest BCUT2D eigenvalue weighted by atomic mass is 10.2. The van der Waals surface area contributed by atoms with Gasteiger partial charge in [-0.15, -0.1) is 0 Å². The molecule has 0 saturated heterocycles. The Morgan fingerprint density at radius 3 is 2.77 bits per heavy atom. The molecule has 68 valence electrons. The van der Waals surface area contributed by atoms with E-state index in [1.54, 1.807) is 0 Å². The third-order valence-electron chi connectivity index (χ3n) is 2.05. The summed E-state index contributed by atoms with van der Waals surface area (Å²) in [5.74, 6) is 0.441. The number of hydrogen-bond acceptors (Lipinski definition) is 1. The van der Waals surface area contributed by atoms with Crippen LogP contribution in [0.3, 0.4) is 0 Å². The molecule has 0 unspecified atom stereocenters.